The Morgan fingerprint density at radius 3 is 2.89 bits per heavy atom. The SMILES string of the molecule is CCCC(NC(=O)c1cc(Cl)ccc1I)/C(N)=N/O. The van der Waals surface area contributed by atoms with Crippen LogP contribution in [0.15, 0.2) is 23.4 Å². The van der Waals surface area contributed by atoms with Crippen molar-refractivity contribution in [2.75, 3.05) is 0 Å². The standard InChI is InChI=1S/C12H15ClIN3O2/c1-2-3-10(11(15)17-19)16-12(18)8-6-7(13)4-5-9(8)14/h4-6,10,19H,2-3H2,1H3,(H2,15,17)(H,16,18). The third-order valence-corrected chi connectivity index (χ3v) is 3.70. The Morgan fingerprint density at radius 2 is 2.32 bits per heavy atom. The highest BCUT2D eigenvalue weighted by atomic mass is 127. The number of benzene rings is 1. The van der Waals surface area contributed by atoms with Crippen LogP contribution in [0.4, 0.5) is 0 Å². The van der Waals surface area contributed by atoms with Crippen LogP contribution in [0.1, 0.15) is 30.1 Å². The summed E-state index contributed by atoms with van der Waals surface area (Å²) in [5, 5.41) is 14.9. The third-order valence-electron chi connectivity index (χ3n) is 2.53. The minimum absolute atomic E-state index is 0.00719. The highest BCUT2D eigenvalue weighted by molar-refractivity contribution is 14.1. The lowest BCUT2D eigenvalue weighted by Gasteiger charge is -2.17. The minimum Gasteiger partial charge on any atom is -0.409 e. The molecule has 0 fully saturated rings. The fourth-order valence-corrected chi connectivity index (χ4v) is 2.31. The maximum atomic E-state index is 12.2. The summed E-state index contributed by atoms with van der Waals surface area (Å²) in [6, 6.07) is 4.58. The van der Waals surface area contributed by atoms with Crippen LogP contribution < -0.4 is 11.1 Å². The maximum Gasteiger partial charge on any atom is 0.252 e. The lowest BCUT2D eigenvalue weighted by atomic mass is 10.1. The number of amidine groups is 1. The van der Waals surface area contributed by atoms with E-state index in [0.717, 1.165) is 9.99 Å². The molecule has 104 valence electrons. The van der Waals surface area contributed by atoms with Crippen molar-refractivity contribution >= 4 is 45.9 Å². The van der Waals surface area contributed by atoms with E-state index in [4.69, 9.17) is 22.5 Å². The fourth-order valence-electron chi connectivity index (χ4n) is 1.56. The summed E-state index contributed by atoms with van der Waals surface area (Å²) >= 11 is 7.93. The topological polar surface area (TPSA) is 87.7 Å². The molecule has 4 N–H and O–H groups in total. The molecule has 0 radical (unpaired) electrons. The second kappa shape index (κ2) is 7.54. The smallest absolute Gasteiger partial charge is 0.252 e. The molecule has 1 atom stereocenters. The van der Waals surface area contributed by atoms with Crippen LogP contribution in [0.3, 0.4) is 0 Å². The van der Waals surface area contributed by atoms with E-state index in [1.807, 2.05) is 6.92 Å². The number of nitrogens with two attached hydrogens (primary N) is 1. The molecular weight excluding hydrogens is 381 g/mol. The van der Waals surface area contributed by atoms with Gasteiger partial charge < -0.3 is 16.3 Å². The predicted molar refractivity (Wildman–Crippen MR) is 83.7 cm³/mol. The average molecular weight is 396 g/mol. The van der Waals surface area contributed by atoms with E-state index in [1.165, 1.54) is 0 Å². The molecule has 1 aromatic rings. The Labute approximate surface area is 130 Å². The van der Waals surface area contributed by atoms with Crippen LogP contribution in [0, 0.1) is 3.57 Å². The molecule has 0 aliphatic rings. The Balaban J connectivity index is 2.90. The van der Waals surface area contributed by atoms with E-state index < -0.39 is 6.04 Å². The Hall–Kier alpha value is -1.02. The van der Waals surface area contributed by atoms with Gasteiger partial charge in [0, 0.05) is 8.59 Å². The number of halogens is 2. The van der Waals surface area contributed by atoms with Crippen molar-refractivity contribution in [2.24, 2.45) is 10.9 Å². The van der Waals surface area contributed by atoms with Gasteiger partial charge in [0.2, 0.25) is 0 Å². The summed E-state index contributed by atoms with van der Waals surface area (Å²) in [7, 11) is 0. The molecule has 0 saturated heterocycles. The average Bonchev–Trinajstić information content (AvgIpc) is 2.40. The number of rotatable bonds is 5. The van der Waals surface area contributed by atoms with E-state index >= 15 is 0 Å². The molecular formula is C12H15ClIN3O2. The van der Waals surface area contributed by atoms with Crippen molar-refractivity contribution < 1.29 is 10.0 Å². The normalized spacial score (nSPS) is 13.1. The number of hydrogen-bond acceptors (Lipinski definition) is 3. The number of amides is 1. The largest absolute Gasteiger partial charge is 0.409 e. The molecule has 1 aromatic carbocycles. The molecule has 7 heteroatoms. The van der Waals surface area contributed by atoms with Gasteiger partial charge in [-0.25, -0.2) is 0 Å². The second-order valence-corrected chi connectivity index (χ2v) is 5.56. The van der Waals surface area contributed by atoms with E-state index in [9.17, 15) is 4.79 Å². The van der Waals surface area contributed by atoms with Gasteiger partial charge in [0.05, 0.1) is 11.6 Å². The first-order valence-electron chi connectivity index (χ1n) is 5.73. The minimum atomic E-state index is -0.489. The molecule has 0 bridgehead atoms. The van der Waals surface area contributed by atoms with Crippen molar-refractivity contribution in [3.8, 4) is 0 Å². The maximum absolute atomic E-state index is 12.2. The summed E-state index contributed by atoms with van der Waals surface area (Å²) in [6.45, 7) is 1.95. The van der Waals surface area contributed by atoms with Gasteiger partial charge in [-0.15, -0.1) is 0 Å². The van der Waals surface area contributed by atoms with Crippen molar-refractivity contribution in [1.82, 2.24) is 5.32 Å². The van der Waals surface area contributed by atoms with Gasteiger partial charge in [-0.3, -0.25) is 4.79 Å². The van der Waals surface area contributed by atoms with Gasteiger partial charge in [-0.05, 0) is 47.2 Å². The van der Waals surface area contributed by atoms with Gasteiger partial charge >= 0.3 is 0 Å². The number of oxime groups is 1. The van der Waals surface area contributed by atoms with Crippen LogP contribution >= 0.6 is 34.2 Å². The first-order chi connectivity index (χ1) is 8.99. The highest BCUT2D eigenvalue weighted by Gasteiger charge is 2.18. The number of carbonyl (C=O) groups excluding carboxylic acids is 1. The highest BCUT2D eigenvalue weighted by Crippen LogP contribution is 2.18. The van der Waals surface area contributed by atoms with E-state index in [2.05, 4.69) is 33.1 Å². The van der Waals surface area contributed by atoms with Crippen molar-refractivity contribution in [3.63, 3.8) is 0 Å². The summed E-state index contributed by atoms with van der Waals surface area (Å²) < 4.78 is 0.786. The number of nitrogens with zero attached hydrogens (tertiary/aromatic N) is 1. The molecule has 5 nitrogen and oxygen atoms in total. The first kappa shape index (κ1) is 16.0. The number of carbonyl (C=O) groups is 1. The molecule has 0 saturated carbocycles. The van der Waals surface area contributed by atoms with Gasteiger partial charge in [0.1, 0.15) is 0 Å². The van der Waals surface area contributed by atoms with Crippen molar-refractivity contribution in [2.45, 2.75) is 25.8 Å². The summed E-state index contributed by atoms with van der Waals surface area (Å²) in [6.07, 6.45) is 1.40. The Bertz CT molecular complexity index is 494. The molecule has 0 heterocycles. The van der Waals surface area contributed by atoms with Crippen LogP contribution in [0.2, 0.25) is 5.02 Å². The third kappa shape index (κ3) is 4.54. The quantitative estimate of drug-likeness (QED) is 0.235. The zero-order valence-electron chi connectivity index (χ0n) is 10.4. The molecule has 1 rings (SSSR count). The molecule has 19 heavy (non-hydrogen) atoms. The first-order valence-corrected chi connectivity index (χ1v) is 7.18. The van der Waals surface area contributed by atoms with Crippen LogP contribution in [-0.2, 0) is 0 Å². The lowest BCUT2D eigenvalue weighted by molar-refractivity contribution is 0.0944. The Morgan fingerprint density at radius 1 is 1.63 bits per heavy atom. The Kier molecular flexibility index (Phi) is 6.36. The van der Waals surface area contributed by atoms with E-state index in [0.29, 0.717) is 17.0 Å². The van der Waals surface area contributed by atoms with Crippen LogP contribution in [0.5, 0.6) is 0 Å². The lowest BCUT2D eigenvalue weighted by Crippen LogP contribution is -2.44. The molecule has 1 amide bonds. The summed E-state index contributed by atoms with van der Waals surface area (Å²) in [4.78, 5) is 12.2. The number of hydrogen-bond donors (Lipinski definition) is 3. The predicted octanol–water partition coefficient (Wildman–Crippen LogP) is 2.59. The van der Waals surface area contributed by atoms with Gasteiger partial charge in [0.15, 0.2) is 5.84 Å². The second-order valence-electron chi connectivity index (χ2n) is 3.96. The fraction of sp³-hybridized carbons (Fsp3) is 0.333. The van der Waals surface area contributed by atoms with Crippen molar-refractivity contribution in [3.05, 3.63) is 32.4 Å². The van der Waals surface area contributed by atoms with Gasteiger partial charge in [-0.2, -0.15) is 0 Å². The van der Waals surface area contributed by atoms with E-state index in [-0.39, 0.29) is 11.7 Å². The van der Waals surface area contributed by atoms with Crippen LogP contribution in [-0.4, -0.2) is 23.0 Å². The summed E-state index contributed by atoms with van der Waals surface area (Å²) in [5.41, 5.74) is 6.03. The molecule has 0 aliphatic carbocycles. The van der Waals surface area contributed by atoms with Crippen molar-refractivity contribution in [1.29, 1.82) is 0 Å². The van der Waals surface area contributed by atoms with Gasteiger partial charge in [-0.1, -0.05) is 30.1 Å². The van der Waals surface area contributed by atoms with E-state index in [1.54, 1.807) is 18.2 Å². The summed E-state index contributed by atoms with van der Waals surface area (Å²) in [5.74, 6) is -0.302. The monoisotopic (exact) mass is 395 g/mol. The molecule has 0 aromatic heterocycles. The number of nitrogens with one attached hydrogen (secondary N) is 1. The van der Waals surface area contributed by atoms with Crippen LogP contribution in [0.25, 0.3) is 0 Å². The molecule has 0 spiro atoms. The van der Waals surface area contributed by atoms with Gasteiger partial charge in [0.25, 0.3) is 5.91 Å². The zero-order chi connectivity index (χ0) is 14.4. The zero-order valence-corrected chi connectivity index (χ0v) is 13.3. The molecule has 1 unspecified atom stereocenters. The molecule has 0 aliphatic heterocycles.